The van der Waals surface area contributed by atoms with E-state index in [-0.39, 0.29) is 5.41 Å². The van der Waals surface area contributed by atoms with Crippen LogP contribution in [0.4, 0.5) is 0 Å². The Labute approximate surface area is 109 Å². The molecule has 0 aliphatic carbocycles. The molecule has 0 amide bonds. The summed E-state index contributed by atoms with van der Waals surface area (Å²) in [6.07, 6.45) is 4.25. The Morgan fingerprint density at radius 1 is 1.24 bits per heavy atom. The van der Waals surface area contributed by atoms with Gasteiger partial charge in [-0.25, -0.2) is 0 Å². The fraction of sp³-hybridized carbons (Fsp3) is 0.733. The van der Waals surface area contributed by atoms with Gasteiger partial charge in [-0.15, -0.1) is 11.8 Å². The van der Waals surface area contributed by atoms with Crippen LogP contribution in [0.3, 0.4) is 0 Å². The molecule has 98 valence electrons. The van der Waals surface area contributed by atoms with Crippen molar-refractivity contribution in [2.24, 2.45) is 5.41 Å². The zero-order chi connectivity index (χ0) is 13.5. The topological polar surface area (TPSA) is 9.23 Å². The summed E-state index contributed by atoms with van der Waals surface area (Å²) in [5.74, 6) is 7.37. The summed E-state index contributed by atoms with van der Waals surface area (Å²) < 4.78 is 5.96. The summed E-state index contributed by atoms with van der Waals surface area (Å²) in [5, 5.41) is 0. The highest BCUT2D eigenvalue weighted by atomic mass is 28.4. The van der Waals surface area contributed by atoms with Gasteiger partial charge in [0.15, 0.2) is 0 Å². The molecule has 0 aromatic heterocycles. The van der Waals surface area contributed by atoms with Crippen LogP contribution in [0.5, 0.6) is 0 Å². The van der Waals surface area contributed by atoms with Gasteiger partial charge in [0.2, 0.25) is 8.32 Å². The van der Waals surface area contributed by atoms with E-state index in [1.165, 1.54) is 12.8 Å². The molecule has 0 aromatic rings. The van der Waals surface area contributed by atoms with E-state index in [1.807, 2.05) is 0 Å². The molecule has 0 fully saturated rings. The summed E-state index contributed by atoms with van der Waals surface area (Å²) in [7, 11) is -1.54. The van der Waals surface area contributed by atoms with E-state index in [0.717, 1.165) is 18.6 Å². The molecular weight excluding hydrogens is 224 g/mol. The molecule has 0 saturated heterocycles. The maximum absolute atomic E-state index is 5.96. The average Bonchev–Trinajstić information content (AvgIpc) is 2.14. The molecule has 0 N–H and O–H groups in total. The van der Waals surface area contributed by atoms with Crippen molar-refractivity contribution in [1.29, 1.82) is 0 Å². The van der Waals surface area contributed by atoms with Crippen molar-refractivity contribution in [3.05, 3.63) is 12.3 Å². The Bertz CT molecular complexity index is 299. The zero-order valence-corrected chi connectivity index (χ0v) is 13.4. The molecule has 17 heavy (non-hydrogen) atoms. The van der Waals surface area contributed by atoms with Gasteiger partial charge in [0.1, 0.15) is 0 Å². The Kier molecular flexibility index (Phi) is 6.63. The van der Waals surface area contributed by atoms with Crippen LogP contribution in [-0.2, 0) is 4.43 Å². The van der Waals surface area contributed by atoms with Gasteiger partial charge in [-0.3, -0.25) is 0 Å². The zero-order valence-electron chi connectivity index (χ0n) is 12.4. The fourth-order valence-corrected chi connectivity index (χ4v) is 2.26. The highest BCUT2D eigenvalue weighted by Crippen LogP contribution is 2.31. The molecule has 0 unspecified atom stereocenters. The Balaban J connectivity index is 4.26. The minimum absolute atomic E-state index is 0.0422. The second-order valence-corrected chi connectivity index (χ2v) is 10.6. The molecule has 0 bridgehead atoms. The molecule has 0 rings (SSSR count). The Morgan fingerprint density at radius 2 is 1.82 bits per heavy atom. The third-order valence-electron chi connectivity index (χ3n) is 2.49. The molecule has 0 heterocycles. The summed E-state index contributed by atoms with van der Waals surface area (Å²) in [6, 6.07) is 0. The molecule has 0 saturated carbocycles. The average molecular weight is 252 g/mol. The fourth-order valence-electron chi connectivity index (χ4n) is 1.24. The van der Waals surface area contributed by atoms with Crippen LogP contribution in [0, 0.1) is 17.3 Å². The van der Waals surface area contributed by atoms with Crippen molar-refractivity contribution in [2.45, 2.75) is 66.1 Å². The third kappa shape index (κ3) is 8.10. The number of hydrogen-bond acceptors (Lipinski definition) is 1. The van der Waals surface area contributed by atoms with Crippen LogP contribution in [0.25, 0.3) is 0 Å². The van der Waals surface area contributed by atoms with E-state index < -0.39 is 8.32 Å². The van der Waals surface area contributed by atoms with Crippen LogP contribution < -0.4 is 0 Å². The first kappa shape index (κ1) is 16.3. The van der Waals surface area contributed by atoms with E-state index in [4.69, 9.17) is 4.43 Å². The summed E-state index contributed by atoms with van der Waals surface area (Å²) in [6.45, 7) is 17.1. The van der Waals surface area contributed by atoms with Crippen LogP contribution >= 0.6 is 0 Å². The number of allylic oxidation sites excluding steroid dienone is 1. The molecule has 0 aliphatic rings. The first-order valence-electron chi connectivity index (χ1n) is 6.53. The van der Waals surface area contributed by atoms with Crippen LogP contribution in [0.1, 0.15) is 46.5 Å². The van der Waals surface area contributed by atoms with Gasteiger partial charge in [0, 0.05) is 18.3 Å². The minimum atomic E-state index is -1.54. The van der Waals surface area contributed by atoms with E-state index in [9.17, 15) is 0 Å². The standard InChI is InChI=1S/C15H28OSi/c1-8-9-10-11-12-13-15(3,4)14(2)16-17(5,6)7/h2,8-10,13H2,1,3-7H3. The smallest absolute Gasteiger partial charge is 0.241 e. The lowest BCUT2D eigenvalue weighted by atomic mass is 9.88. The molecule has 0 atom stereocenters. The van der Waals surface area contributed by atoms with E-state index >= 15 is 0 Å². The predicted octanol–water partition coefficient (Wildman–Crippen LogP) is 4.96. The molecule has 0 aromatic carbocycles. The monoisotopic (exact) mass is 252 g/mol. The summed E-state index contributed by atoms with van der Waals surface area (Å²) >= 11 is 0. The second-order valence-electron chi connectivity index (χ2n) is 6.16. The molecule has 0 spiro atoms. The lowest BCUT2D eigenvalue weighted by molar-refractivity contribution is 0.276. The van der Waals surface area contributed by atoms with Crippen LogP contribution in [-0.4, -0.2) is 8.32 Å². The van der Waals surface area contributed by atoms with Crippen molar-refractivity contribution in [3.8, 4) is 11.8 Å². The number of unbranched alkanes of at least 4 members (excludes halogenated alkanes) is 2. The number of rotatable bonds is 6. The Hall–Kier alpha value is -0.683. The molecule has 2 heteroatoms. The maximum atomic E-state index is 5.96. The first-order valence-corrected chi connectivity index (χ1v) is 9.94. The van der Waals surface area contributed by atoms with Crippen molar-refractivity contribution in [2.75, 3.05) is 0 Å². The quantitative estimate of drug-likeness (QED) is 0.281. The Morgan fingerprint density at radius 3 is 2.29 bits per heavy atom. The third-order valence-corrected chi connectivity index (χ3v) is 3.35. The molecule has 0 aliphatic heterocycles. The number of hydrogen-bond donors (Lipinski definition) is 0. The highest BCUT2D eigenvalue weighted by molar-refractivity contribution is 6.70. The SMILES string of the molecule is C=C(O[Si](C)(C)C)C(C)(C)CC#CCCCC. The van der Waals surface area contributed by atoms with Gasteiger partial charge < -0.3 is 4.43 Å². The second kappa shape index (κ2) is 6.91. The first-order chi connectivity index (χ1) is 7.69. The highest BCUT2D eigenvalue weighted by Gasteiger charge is 2.27. The minimum Gasteiger partial charge on any atom is -0.547 e. The molecule has 0 radical (unpaired) electrons. The van der Waals surface area contributed by atoms with Gasteiger partial charge in [-0.1, -0.05) is 33.8 Å². The van der Waals surface area contributed by atoms with E-state index in [1.54, 1.807) is 0 Å². The van der Waals surface area contributed by atoms with Crippen molar-refractivity contribution in [1.82, 2.24) is 0 Å². The van der Waals surface area contributed by atoms with Crippen molar-refractivity contribution < 1.29 is 4.43 Å². The largest absolute Gasteiger partial charge is 0.547 e. The van der Waals surface area contributed by atoms with Gasteiger partial charge in [0.25, 0.3) is 0 Å². The lowest BCUT2D eigenvalue weighted by Crippen LogP contribution is -2.29. The van der Waals surface area contributed by atoms with Gasteiger partial charge in [0.05, 0.1) is 5.76 Å². The summed E-state index contributed by atoms with van der Waals surface area (Å²) in [5.41, 5.74) is -0.0422. The molecular formula is C15H28OSi. The van der Waals surface area contributed by atoms with Gasteiger partial charge >= 0.3 is 0 Å². The van der Waals surface area contributed by atoms with E-state index in [0.29, 0.717) is 0 Å². The maximum Gasteiger partial charge on any atom is 0.241 e. The van der Waals surface area contributed by atoms with Crippen LogP contribution in [0.15, 0.2) is 12.3 Å². The normalized spacial score (nSPS) is 11.6. The van der Waals surface area contributed by atoms with Crippen molar-refractivity contribution in [3.63, 3.8) is 0 Å². The van der Waals surface area contributed by atoms with Gasteiger partial charge in [-0.05, 0) is 26.1 Å². The van der Waals surface area contributed by atoms with Crippen LogP contribution in [0.2, 0.25) is 19.6 Å². The van der Waals surface area contributed by atoms with Crippen molar-refractivity contribution >= 4 is 8.32 Å². The molecule has 1 nitrogen and oxygen atoms in total. The summed E-state index contributed by atoms with van der Waals surface area (Å²) in [4.78, 5) is 0. The van der Waals surface area contributed by atoms with Gasteiger partial charge in [-0.2, -0.15) is 0 Å². The lowest BCUT2D eigenvalue weighted by Gasteiger charge is -2.31. The van der Waals surface area contributed by atoms with E-state index in [2.05, 4.69) is 58.8 Å². The predicted molar refractivity (Wildman–Crippen MR) is 79.3 cm³/mol.